The Morgan fingerprint density at radius 2 is 2.00 bits per heavy atom. The molecule has 0 spiro atoms. The predicted octanol–water partition coefficient (Wildman–Crippen LogP) is 3.54. The average Bonchev–Trinajstić information content (AvgIpc) is 2.47. The molecule has 0 aliphatic carbocycles. The zero-order valence-corrected chi connectivity index (χ0v) is 9.87. The smallest absolute Gasteiger partial charge is 0.207 e. The Hall–Kier alpha value is -0.140. The quantitative estimate of drug-likeness (QED) is 0.683. The molecule has 0 N–H and O–H groups in total. The number of hydrogen-bond acceptors (Lipinski definition) is 2. The van der Waals surface area contributed by atoms with Crippen LogP contribution in [0, 0.1) is 0 Å². The average molecular weight is 230 g/mol. The number of halogens is 1. The molecule has 1 aliphatic heterocycles. The standard InChI is InChI=1S/C10H13ClNOP/c1-8-10(13-14(11)12(8)2)9-6-4-3-5-7-9/h3-8,10H,1-2H3/t8-,10-,14?/m0/s1. The third kappa shape index (κ3) is 1.80. The van der Waals surface area contributed by atoms with Gasteiger partial charge < -0.3 is 4.52 Å². The fourth-order valence-electron chi connectivity index (χ4n) is 1.58. The van der Waals surface area contributed by atoms with E-state index in [1.54, 1.807) is 0 Å². The van der Waals surface area contributed by atoms with Crippen molar-refractivity contribution in [3.63, 3.8) is 0 Å². The summed E-state index contributed by atoms with van der Waals surface area (Å²) in [7, 11) is 1.08. The summed E-state index contributed by atoms with van der Waals surface area (Å²) in [6.45, 7) is 2.14. The van der Waals surface area contributed by atoms with Gasteiger partial charge in [0.2, 0.25) is 7.65 Å². The molecule has 3 atom stereocenters. The first-order chi connectivity index (χ1) is 6.70. The summed E-state index contributed by atoms with van der Waals surface area (Å²) in [6.07, 6.45) is 0.116. The fourth-order valence-corrected chi connectivity index (χ4v) is 3.29. The van der Waals surface area contributed by atoms with Crippen molar-refractivity contribution < 1.29 is 4.52 Å². The third-order valence-corrected chi connectivity index (χ3v) is 4.82. The summed E-state index contributed by atoms with van der Waals surface area (Å²) < 4.78 is 7.82. The monoisotopic (exact) mass is 229 g/mol. The van der Waals surface area contributed by atoms with Crippen LogP contribution in [0.2, 0.25) is 0 Å². The van der Waals surface area contributed by atoms with Gasteiger partial charge in [-0.2, -0.15) is 0 Å². The van der Waals surface area contributed by atoms with Crippen LogP contribution in [-0.4, -0.2) is 17.8 Å². The molecular weight excluding hydrogens is 217 g/mol. The molecule has 1 aliphatic rings. The highest BCUT2D eigenvalue weighted by atomic mass is 35.7. The zero-order chi connectivity index (χ0) is 10.1. The van der Waals surface area contributed by atoms with E-state index in [0.717, 1.165) is 0 Å². The highest BCUT2D eigenvalue weighted by Crippen LogP contribution is 2.58. The van der Waals surface area contributed by atoms with Gasteiger partial charge in [0, 0.05) is 6.04 Å². The molecule has 0 amide bonds. The summed E-state index contributed by atoms with van der Waals surface area (Å²) in [5.41, 5.74) is 1.21. The van der Waals surface area contributed by atoms with E-state index in [2.05, 4.69) is 23.7 Å². The maximum Gasteiger partial charge on any atom is 0.207 e. The molecule has 1 heterocycles. The van der Waals surface area contributed by atoms with E-state index in [4.69, 9.17) is 15.8 Å². The minimum absolute atomic E-state index is 0.116. The van der Waals surface area contributed by atoms with Crippen LogP contribution in [0.1, 0.15) is 18.6 Å². The second kappa shape index (κ2) is 4.16. The van der Waals surface area contributed by atoms with Crippen molar-refractivity contribution in [1.82, 2.24) is 4.67 Å². The first-order valence-electron chi connectivity index (χ1n) is 4.60. The molecule has 1 fully saturated rings. The largest absolute Gasteiger partial charge is 0.322 e. The van der Waals surface area contributed by atoms with E-state index >= 15 is 0 Å². The van der Waals surface area contributed by atoms with Crippen LogP contribution < -0.4 is 0 Å². The van der Waals surface area contributed by atoms with Crippen LogP contribution in [0.15, 0.2) is 30.3 Å². The molecular formula is C10H13ClNOP. The van der Waals surface area contributed by atoms with Gasteiger partial charge in [-0.15, -0.1) is 0 Å². The van der Waals surface area contributed by atoms with Crippen molar-refractivity contribution >= 4 is 18.9 Å². The van der Waals surface area contributed by atoms with Crippen LogP contribution in [0.5, 0.6) is 0 Å². The van der Waals surface area contributed by atoms with E-state index in [1.807, 2.05) is 25.2 Å². The molecule has 1 unspecified atom stereocenters. The molecule has 0 radical (unpaired) electrons. The minimum Gasteiger partial charge on any atom is -0.322 e. The Balaban J connectivity index is 2.21. The lowest BCUT2D eigenvalue weighted by molar-refractivity contribution is 0.219. The van der Waals surface area contributed by atoms with Gasteiger partial charge in [-0.1, -0.05) is 30.3 Å². The fraction of sp³-hybridized carbons (Fsp3) is 0.400. The van der Waals surface area contributed by atoms with Gasteiger partial charge in [0.25, 0.3) is 0 Å². The molecule has 0 saturated carbocycles. The van der Waals surface area contributed by atoms with Gasteiger partial charge in [0.15, 0.2) is 0 Å². The van der Waals surface area contributed by atoms with Crippen molar-refractivity contribution in [3.05, 3.63) is 35.9 Å². The number of rotatable bonds is 1. The SMILES string of the molecule is C[C@H]1[C@@H](c2ccccc2)OP(Cl)N1C. The lowest BCUT2D eigenvalue weighted by Crippen LogP contribution is -2.21. The molecule has 4 heteroatoms. The Morgan fingerprint density at radius 3 is 2.50 bits per heavy atom. The first-order valence-corrected chi connectivity index (χ1v) is 6.72. The van der Waals surface area contributed by atoms with Crippen LogP contribution in [0.4, 0.5) is 0 Å². The van der Waals surface area contributed by atoms with Crippen molar-refractivity contribution in [2.45, 2.75) is 19.1 Å². The summed E-state index contributed by atoms with van der Waals surface area (Å²) in [6, 6.07) is 10.6. The molecule has 2 rings (SSSR count). The number of nitrogens with zero attached hydrogens (tertiary/aromatic N) is 1. The summed E-state index contributed by atoms with van der Waals surface area (Å²) in [4.78, 5) is 0. The second-order valence-electron chi connectivity index (χ2n) is 3.48. The first kappa shape index (κ1) is 10.4. The highest BCUT2D eigenvalue weighted by molar-refractivity contribution is 7.78. The number of likely N-dealkylation sites (N-methyl/N-ethyl adjacent to an activating group) is 1. The van der Waals surface area contributed by atoms with E-state index in [9.17, 15) is 0 Å². The molecule has 0 bridgehead atoms. The molecule has 1 saturated heterocycles. The van der Waals surface area contributed by atoms with Gasteiger partial charge in [-0.05, 0) is 30.8 Å². The minimum atomic E-state index is -0.923. The van der Waals surface area contributed by atoms with Crippen molar-refractivity contribution in [1.29, 1.82) is 0 Å². The summed E-state index contributed by atoms with van der Waals surface area (Å²) in [5, 5.41) is 0. The third-order valence-electron chi connectivity index (χ3n) is 2.60. The van der Waals surface area contributed by atoms with Crippen LogP contribution in [0.3, 0.4) is 0 Å². The molecule has 2 nitrogen and oxygen atoms in total. The van der Waals surface area contributed by atoms with Crippen molar-refractivity contribution in [2.75, 3.05) is 7.05 Å². The molecule has 14 heavy (non-hydrogen) atoms. The predicted molar refractivity (Wildman–Crippen MR) is 60.3 cm³/mol. The Kier molecular flexibility index (Phi) is 3.08. The second-order valence-corrected chi connectivity index (χ2v) is 5.64. The van der Waals surface area contributed by atoms with Crippen molar-refractivity contribution in [2.24, 2.45) is 0 Å². The molecule has 0 aromatic heterocycles. The molecule has 1 aromatic carbocycles. The van der Waals surface area contributed by atoms with E-state index in [1.165, 1.54) is 5.56 Å². The topological polar surface area (TPSA) is 12.5 Å². The van der Waals surface area contributed by atoms with Gasteiger partial charge >= 0.3 is 0 Å². The lowest BCUT2D eigenvalue weighted by Gasteiger charge is -2.17. The van der Waals surface area contributed by atoms with Gasteiger partial charge in [-0.25, -0.2) is 4.67 Å². The van der Waals surface area contributed by atoms with Crippen LogP contribution >= 0.6 is 18.9 Å². The summed E-state index contributed by atoms with van der Waals surface area (Å²) >= 11 is 6.07. The van der Waals surface area contributed by atoms with Gasteiger partial charge in [0.05, 0.1) is 0 Å². The number of hydrogen-bond donors (Lipinski definition) is 0. The van der Waals surface area contributed by atoms with Gasteiger partial charge in [-0.3, -0.25) is 0 Å². The normalized spacial score (nSPS) is 33.5. The Morgan fingerprint density at radius 1 is 1.36 bits per heavy atom. The molecule has 1 aromatic rings. The van der Waals surface area contributed by atoms with Crippen LogP contribution in [-0.2, 0) is 4.52 Å². The lowest BCUT2D eigenvalue weighted by atomic mass is 10.0. The van der Waals surface area contributed by atoms with E-state index in [-0.39, 0.29) is 6.10 Å². The van der Waals surface area contributed by atoms with E-state index < -0.39 is 7.65 Å². The van der Waals surface area contributed by atoms with Gasteiger partial charge in [0.1, 0.15) is 6.10 Å². The highest BCUT2D eigenvalue weighted by Gasteiger charge is 2.37. The summed E-state index contributed by atoms with van der Waals surface area (Å²) in [5.74, 6) is 0. The maximum absolute atomic E-state index is 6.07. The van der Waals surface area contributed by atoms with Crippen LogP contribution in [0.25, 0.3) is 0 Å². The number of benzene rings is 1. The molecule has 76 valence electrons. The maximum atomic E-state index is 6.07. The van der Waals surface area contributed by atoms with Crippen molar-refractivity contribution in [3.8, 4) is 0 Å². The van der Waals surface area contributed by atoms with E-state index in [0.29, 0.717) is 6.04 Å². The Labute approximate surface area is 90.5 Å². The zero-order valence-electron chi connectivity index (χ0n) is 8.22. The Bertz CT molecular complexity index is 308.